The van der Waals surface area contributed by atoms with E-state index < -0.39 is 0 Å². The maximum absolute atomic E-state index is 12.2. The molecule has 0 spiro atoms. The molecule has 0 aromatic heterocycles. The first kappa shape index (κ1) is 17.2. The van der Waals surface area contributed by atoms with Crippen molar-refractivity contribution in [3.63, 3.8) is 0 Å². The van der Waals surface area contributed by atoms with Crippen LogP contribution in [0.3, 0.4) is 0 Å². The minimum atomic E-state index is -0.239. The summed E-state index contributed by atoms with van der Waals surface area (Å²) in [4.78, 5) is 28.1. The average molecular weight is 311 g/mol. The summed E-state index contributed by atoms with van der Waals surface area (Å²) in [7, 11) is 3.30. The van der Waals surface area contributed by atoms with E-state index in [0.717, 1.165) is 13.1 Å². The summed E-state index contributed by atoms with van der Waals surface area (Å²) in [5, 5.41) is 3.07. The molecule has 0 bridgehead atoms. The van der Waals surface area contributed by atoms with Gasteiger partial charge in [-0.1, -0.05) is 19.3 Å². The molecule has 2 rings (SSSR count). The van der Waals surface area contributed by atoms with Gasteiger partial charge in [-0.05, 0) is 39.4 Å². The van der Waals surface area contributed by atoms with Gasteiger partial charge in [0.15, 0.2) is 0 Å². The van der Waals surface area contributed by atoms with E-state index >= 15 is 0 Å². The quantitative estimate of drug-likeness (QED) is 0.771. The fourth-order valence-corrected chi connectivity index (χ4v) is 3.46. The van der Waals surface area contributed by atoms with Gasteiger partial charge in [-0.15, -0.1) is 0 Å². The molecule has 0 saturated carbocycles. The topological polar surface area (TPSA) is 61.9 Å². The molecule has 6 nitrogen and oxygen atoms in total. The second-order valence-electron chi connectivity index (χ2n) is 6.52. The third kappa shape index (κ3) is 4.95. The third-order valence-electron chi connectivity index (χ3n) is 4.70. The van der Waals surface area contributed by atoms with Crippen LogP contribution in [0.5, 0.6) is 0 Å². The van der Waals surface area contributed by atoms with Crippen molar-refractivity contribution < 1.29 is 14.3 Å². The van der Waals surface area contributed by atoms with E-state index in [9.17, 15) is 9.59 Å². The summed E-state index contributed by atoms with van der Waals surface area (Å²) in [6.45, 7) is 3.21. The molecular weight excluding hydrogens is 282 g/mol. The van der Waals surface area contributed by atoms with Gasteiger partial charge in [-0.3, -0.25) is 19.4 Å². The van der Waals surface area contributed by atoms with Crippen LogP contribution in [0.25, 0.3) is 0 Å². The summed E-state index contributed by atoms with van der Waals surface area (Å²) in [5.74, 6) is -0.146. The van der Waals surface area contributed by atoms with Gasteiger partial charge in [0.2, 0.25) is 5.91 Å². The Morgan fingerprint density at radius 1 is 1.14 bits per heavy atom. The van der Waals surface area contributed by atoms with Gasteiger partial charge in [-0.25, -0.2) is 0 Å². The molecule has 126 valence electrons. The molecule has 1 amide bonds. The van der Waals surface area contributed by atoms with Gasteiger partial charge in [-0.2, -0.15) is 0 Å². The lowest BCUT2D eigenvalue weighted by molar-refractivity contribution is -0.145. The number of nitrogens with one attached hydrogen (secondary N) is 1. The highest BCUT2D eigenvalue weighted by Crippen LogP contribution is 2.17. The molecular formula is C16H29N3O3. The number of hydrogen-bond donors (Lipinski definition) is 1. The highest BCUT2D eigenvalue weighted by molar-refractivity contribution is 5.79. The summed E-state index contributed by atoms with van der Waals surface area (Å²) in [6, 6.07) is -0.201. The number of nitrogens with zero attached hydrogens (tertiary/aromatic N) is 2. The molecule has 2 heterocycles. The molecule has 1 N–H and O–H groups in total. The standard InChI is InChI=1S/C16H29N3O3/c1-18-11-13(10-14(18)16(21)22-2)17-15(20)12-19-8-6-4-3-5-7-9-19/h13-14H,3-12H2,1-2H3,(H,17,20)/t13-,14+/m1/s1. The van der Waals surface area contributed by atoms with Crippen LogP contribution in [0.15, 0.2) is 0 Å². The molecule has 0 unspecified atom stereocenters. The molecule has 6 heteroatoms. The lowest BCUT2D eigenvalue weighted by atomic mass is 10.1. The second-order valence-corrected chi connectivity index (χ2v) is 6.52. The van der Waals surface area contributed by atoms with Crippen LogP contribution in [0, 0.1) is 0 Å². The number of likely N-dealkylation sites (N-methyl/N-ethyl adjacent to an activating group) is 1. The van der Waals surface area contributed by atoms with Crippen molar-refractivity contribution in [3.05, 3.63) is 0 Å². The number of amides is 1. The smallest absolute Gasteiger partial charge is 0.323 e. The van der Waals surface area contributed by atoms with Crippen molar-refractivity contribution in [1.29, 1.82) is 0 Å². The minimum absolute atomic E-state index is 0.0383. The SMILES string of the molecule is COC(=O)[C@@H]1C[C@@H](NC(=O)CN2CCCCCCC2)CN1C. The van der Waals surface area contributed by atoms with Crippen LogP contribution >= 0.6 is 0 Å². The van der Waals surface area contributed by atoms with Crippen molar-refractivity contribution >= 4 is 11.9 Å². The number of hydrogen-bond acceptors (Lipinski definition) is 5. The molecule has 2 aliphatic rings. The van der Waals surface area contributed by atoms with Gasteiger partial charge in [0, 0.05) is 12.6 Å². The van der Waals surface area contributed by atoms with Crippen LogP contribution in [0.1, 0.15) is 38.5 Å². The van der Waals surface area contributed by atoms with Crippen molar-refractivity contribution in [2.24, 2.45) is 0 Å². The molecule has 0 aromatic rings. The lowest BCUT2D eigenvalue weighted by Gasteiger charge is -2.24. The van der Waals surface area contributed by atoms with Crippen LogP contribution in [-0.2, 0) is 14.3 Å². The van der Waals surface area contributed by atoms with Crippen molar-refractivity contribution in [2.75, 3.05) is 40.3 Å². The molecule has 22 heavy (non-hydrogen) atoms. The van der Waals surface area contributed by atoms with Gasteiger partial charge >= 0.3 is 5.97 Å². The number of carbonyl (C=O) groups is 2. The maximum Gasteiger partial charge on any atom is 0.323 e. The zero-order chi connectivity index (χ0) is 15.9. The van der Waals surface area contributed by atoms with Gasteiger partial charge in [0.25, 0.3) is 0 Å². The van der Waals surface area contributed by atoms with E-state index in [1.165, 1.54) is 39.2 Å². The zero-order valence-electron chi connectivity index (χ0n) is 13.8. The van der Waals surface area contributed by atoms with Gasteiger partial charge in [0.05, 0.1) is 13.7 Å². The molecule has 0 aliphatic carbocycles. The molecule has 2 saturated heterocycles. The number of esters is 1. The number of carbonyl (C=O) groups excluding carboxylic acids is 2. The van der Waals surface area contributed by atoms with Crippen LogP contribution in [0.2, 0.25) is 0 Å². The summed E-state index contributed by atoms with van der Waals surface area (Å²) < 4.78 is 4.80. The molecule has 0 aromatic carbocycles. The molecule has 2 fully saturated rings. The summed E-state index contributed by atoms with van der Waals surface area (Å²) >= 11 is 0. The Kier molecular flexibility index (Phi) is 6.64. The largest absolute Gasteiger partial charge is 0.468 e. The molecule has 2 atom stereocenters. The predicted octanol–water partition coefficient (Wildman–Crippen LogP) is 0.614. The second kappa shape index (κ2) is 8.48. The van der Waals surface area contributed by atoms with E-state index in [4.69, 9.17) is 4.74 Å². The number of ether oxygens (including phenoxy) is 1. The van der Waals surface area contributed by atoms with E-state index in [1.54, 1.807) is 0 Å². The Bertz CT molecular complexity index is 381. The van der Waals surface area contributed by atoms with E-state index in [-0.39, 0.29) is 24.0 Å². The number of likely N-dealkylation sites (tertiary alicyclic amines) is 2. The number of methoxy groups -OCH3 is 1. The van der Waals surface area contributed by atoms with E-state index in [1.807, 2.05) is 11.9 Å². The van der Waals surface area contributed by atoms with E-state index in [0.29, 0.717) is 19.5 Å². The Labute approximate surface area is 133 Å². The first-order valence-corrected chi connectivity index (χ1v) is 8.40. The maximum atomic E-state index is 12.2. The van der Waals surface area contributed by atoms with Crippen LogP contribution in [0.4, 0.5) is 0 Å². The fraction of sp³-hybridized carbons (Fsp3) is 0.875. The predicted molar refractivity (Wildman–Crippen MR) is 84.5 cm³/mol. The highest BCUT2D eigenvalue weighted by Gasteiger charge is 2.35. The minimum Gasteiger partial charge on any atom is -0.468 e. The van der Waals surface area contributed by atoms with Crippen LogP contribution < -0.4 is 5.32 Å². The Morgan fingerprint density at radius 2 is 1.77 bits per heavy atom. The lowest BCUT2D eigenvalue weighted by Crippen LogP contribution is -2.43. The van der Waals surface area contributed by atoms with Crippen molar-refractivity contribution in [3.8, 4) is 0 Å². The fourth-order valence-electron chi connectivity index (χ4n) is 3.46. The molecule has 0 radical (unpaired) electrons. The monoisotopic (exact) mass is 311 g/mol. The van der Waals surface area contributed by atoms with Gasteiger partial charge in [0.1, 0.15) is 6.04 Å². The summed E-state index contributed by atoms with van der Waals surface area (Å²) in [5.41, 5.74) is 0. The van der Waals surface area contributed by atoms with Crippen molar-refractivity contribution in [2.45, 2.75) is 50.6 Å². The average Bonchev–Trinajstić information content (AvgIpc) is 2.81. The Hall–Kier alpha value is -1.14. The third-order valence-corrected chi connectivity index (χ3v) is 4.70. The number of rotatable bonds is 4. The normalized spacial score (nSPS) is 27.9. The van der Waals surface area contributed by atoms with Crippen molar-refractivity contribution in [1.82, 2.24) is 15.1 Å². The zero-order valence-corrected chi connectivity index (χ0v) is 13.8. The Balaban J connectivity index is 1.76. The first-order valence-electron chi connectivity index (χ1n) is 8.40. The summed E-state index contributed by atoms with van der Waals surface area (Å²) in [6.07, 6.45) is 6.87. The highest BCUT2D eigenvalue weighted by atomic mass is 16.5. The van der Waals surface area contributed by atoms with E-state index in [2.05, 4.69) is 10.2 Å². The first-order chi connectivity index (χ1) is 10.6. The van der Waals surface area contributed by atoms with Gasteiger partial charge < -0.3 is 10.1 Å². The molecule has 2 aliphatic heterocycles. The van der Waals surface area contributed by atoms with Crippen LogP contribution in [-0.4, -0.2) is 74.1 Å². The Morgan fingerprint density at radius 3 is 2.41 bits per heavy atom.